The molecule has 5 rings (SSSR count). The Morgan fingerprint density at radius 3 is 2.89 bits per heavy atom. The molecule has 0 N–H and O–H groups in total. The molecule has 3 aromatic heterocycles. The minimum absolute atomic E-state index is 0.713. The number of hydrogen-bond donors (Lipinski definition) is 0. The molecule has 0 aliphatic heterocycles. The summed E-state index contributed by atoms with van der Waals surface area (Å²) in [5.41, 5.74) is 2.36. The summed E-state index contributed by atoms with van der Waals surface area (Å²) in [5.74, 6) is 1.52. The number of aryl methyl sites for hydroxylation is 2. The van der Waals surface area contributed by atoms with Crippen molar-refractivity contribution in [2.45, 2.75) is 43.3 Å². The van der Waals surface area contributed by atoms with Gasteiger partial charge < -0.3 is 0 Å². The number of para-hydroxylation sites is 1. The Morgan fingerprint density at radius 1 is 1.19 bits per heavy atom. The summed E-state index contributed by atoms with van der Waals surface area (Å²) in [5, 5.41) is 15.2. The third-order valence-corrected chi connectivity index (χ3v) is 6.94. The fourth-order valence-corrected chi connectivity index (χ4v) is 6.02. The zero-order valence-electron chi connectivity index (χ0n) is 15.1. The predicted molar refractivity (Wildman–Crippen MR) is 107 cm³/mol. The molecule has 0 saturated carbocycles. The third kappa shape index (κ3) is 3.02. The Kier molecular flexibility index (Phi) is 4.17. The second kappa shape index (κ2) is 6.69. The highest BCUT2D eigenvalue weighted by atomic mass is 32.2. The Bertz CT molecular complexity index is 1120. The number of aromatic nitrogens is 6. The van der Waals surface area contributed by atoms with E-state index in [2.05, 4.69) is 22.4 Å². The highest BCUT2D eigenvalue weighted by molar-refractivity contribution is 7.99. The number of benzene rings is 1. The van der Waals surface area contributed by atoms with E-state index in [1.165, 1.54) is 34.0 Å². The van der Waals surface area contributed by atoms with Crippen molar-refractivity contribution >= 4 is 33.3 Å². The lowest BCUT2D eigenvalue weighted by Gasteiger charge is -2.18. The van der Waals surface area contributed by atoms with E-state index in [1.54, 1.807) is 4.68 Å². The zero-order valence-corrected chi connectivity index (χ0v) is 16.7. The van der Waals surface area contributed by atoms with Crippen LogP contribution in [0, 0.1) is 12.8 Å². The van der Waals surface area contributed by atoms with Crippen molar-refractivity contribution in [3.05, 3.63) is 46.6 Å². The van der Waals surface area contributed by atoms with E-state index in [0.717, 1.165) is 40.1 Å². The Balaban J connectivity index is 1.62. The van der Waals surface area contributed by atoms with E-state index in [1.807, 2.05) is 48.6 Å². The van der Waals surface area contributed by atoms with Crippen LogP contribution in [0.3, 0.4) is 0 Å². The Morgan fingerprint density at radius 2 is 2.04 bits per heavy atom. The SMILES string of the molecule is Cc1nc(Sc2nnnn2-c2ccccc2)c2c3c(sc2n1)C[C@@H](C)CC3. The van der Waals surface area contributed by atoms with Crippen molar-refractivity contribution in [1.82, 2.24) is 30.2 Å². The summed E-state index contributed by atoms with van der Waals surface area (Å²) in [7, 11) is 0. The fraction of sp³-hybridized carbons (Fsp3) is 0.316. The van der Waals surface area contributed by atoms with Gasteiger partial charge in [-0.25, -0.2) is 9.97 Å². The molecule has 0 spiro atoms. The molecule has 8 heteroatoms. The molecule has 1 aliphatic rings. The molecule has 0 fully saturated rings. The van der Waals surface area contributed by atoms with Gasteiger partial charge in [-0.3, -0.25) is 0 Å². The van der Waals surface area contributed by atoms with E-state index in [0.29, 0.717) is 5.16 Å². The molecular formula is C19H18N6S2. The molecule has 1 atom stereocenters. The maximum atomic E-state index is 4.76. The van der Waals surface area contributed by atoms with Gasteiger partial charge in [0.05, 0.1) is 5.69 Å². The molecule has 3 heterocycles. The van der Waals surface area contributed by atoms with Crippen molar-refractivity contribution in [2.75, 3.05) is 0 Å². The smallest absolute Gasteiger partial charge is 0.220 e. The normalized spacial score (nSPS) is 16.6. The highest BCUT2D eigenvalue weighted by Crippen LogP contribution is 2.42. The number of fused-ring (bicyclic) bond motifs is 3. The lowest BCUT2D eigenvalue weighted by molar-refractivity contribution is 0.509. The molecule has 1 aliphatic carbocycles. The van der Waals surface area contributed by atoms with Gasteiger partial charge in [0.15, 0.2) is 0 Å². The Labute approximate surface area is 165 Å². The standard InChI is InChI=1S/C19H18N6S2/c1-11-8-9-14-15(10-11)26-17-16(14)18(21-12(2)20-17)27-19-22-23-24-25(19)13-6-4-3-5-7-13/h3-7,11H,8-10H2,1-2H3/t11-/m0/s1. The fourth-order valence-electron chi connectivity index (χ4n) is 3.54. The van der Waals surface area contributed by atoms with Crippen LogP contribution in [0.4, 0.5) is 0 Å². The molecule has 6 nitrogen and oxygen atoms in total. The zero-order chi connectivity index (χ0) is 18.4. The minimum Gasteiger partial charge on any atom is -0.226 e. The highest BCUT2D eigenvalue weighted by Gasteiger charge is 2.25. The van der Waals surface area contributed by atoms with E-state index in [-0.39, 0.29) is 0 Å². The first kappa shape index (κ1) is 16.8. The number of thiophene rings is 1. The average Bonchev–Trinajstić information content (AvgIpc) is 3.25. The van der Waals surface area contributed by atoms with Crippen LogP contribution in [0.5, 0.6) is 0 Å². The summed E-state index contributed by atoms with van der Waals surface area (Å²) in [6.07, 6.45) is 3.46. The van der Waals surface area contributed by atoms with Gasteiger partial charge in [-0.05, 0) is 72.0 Å². The van der Waals surface area contributed by atoms with Gasteiger partial charge >= 0.3 is 0 Å². The largest absolute Gasteiger partial charge is 0.226 e. The summed E-state index contributed by atoms with van der Waals surface area (Å²) in [6, 6.07) is 9.94. The van der Waals surface area contributed by atoms with Crippen molar-refractivity contribution in [1.29, 1.82) is 0 Å². The van der Waals surface area contributed by atoms with Gasteiger partial charge in [-0.15, -0.1) is 16.4 Å². The number of nitrogens with zero attached hydrogens (tertiary/aromatic N) is 6. The molecule has 27 heavy (non-hydrogen) atoms. The first-order valence-electron chi connectivity index (χ1n) is 8.99. The van der Waals surface area contributed by atoms with Crippen molar-refractivity contribution in [2.24, 2.45) is 5.92 Å². The van der Waals surface area contributed by atoms with Gasteiger partial charge in [0.1, 0.15) is 15.7 Å². The van der Waals surface area contributed by atoms with Crippen molar-refractivity contribution in [3.63, 3.8) is 0 Å². The maximum Gasteiger partial charge on any atom is 0.220 e. The Hall–Kier alpha value is -2.32. The van der Waals surface area contributed by atoms with Gasteiger partial charge in [0, 0.05) is 10.3 Å². The molecule has 0 amide bonds. The van der Waals surface area contributed by atoms with E-state index in [4.69, 9.17) is 9.97 Å². The van der Waals surface area contributed by atoms with Crippen LogP contribution in [-0.4, -0.2) is 30.2 Å². The second-order valence-electron chi connectivity index (χ2n) is 6.92. The first-order valence-corrected chi connectivity index (χ1v) is 10.6. The summed E-state index contributed by atoms with van der Waals surface area (Å²) in [6.45, 7) is 4.28. The van der Waals surface area contributed by atoms with Gasteiger partial charge in [-0.2, -0.15) is 4.68 Å². The first-order chi connectivity index (χ1) is 13.2. The van der Waals surface area contributed by atoms with E-state index < -0.39 is 0 Å². The molecule has 136 valence electrons. The van der Waals surface area contributed by atoms with Crippen LogP contribution < -0.4 is 0 Å². The minimum atomic E-state index is 0.713. The maximum absolute atomic E-state index is 4.76. The van der Waals surface area contributed by atoms with E-state index in [9.17, 15) is 0 Å². The van der Waals surface area contributed by atoms with Gasteiger partial charge in [0.2, 0.25) is 5.16 Å². The third-order valence-electron chi connectivity index (χ3n) is 4.86. The van der Waals surface area contributed by atoms with Gasteiger partial charge in [-0.1, -0.05) is 25.1 Å². The molecule has 4 aromatic rings. The van der Waals surface area contributed by atoms with E-state index >= 15 is 0 Å². The second-order valence-corrected chi connectivity index (χ2v) is 8.96. The number of rotatable bonds is 3. The van der Waals surface area contributed by atoms with Crippen LogP contribution in [0.25, 0.3) is 15.9 Å². The van der Waals surface area contributed by atoms with Crippen LogP contribution in [0.1, 0.15) is 29.6 Å². The summed E-state index contributed by atoms with van der Waals surface area (Å²) in [4.78, 5) is 12.0. The molecular weight excluding hydrogens is 376 g/mol. The average molecular weight is 395 g/mol. The van der Waals surface area contributed by atoms with Crippen LogP contribution in [0.2, 0.25) is 0 Å². The summed E-state index contributed by atoms with van der Waals surface area (Å²) < 4.78 is 1.76. The van der Waals surface area contributed by atoms with Gasteiger partial charge in [0.25, 0.3) is 0 Å². The molecule has 1 aromatic carbocycles. The topological polar surface area (TPSA) is 69.4 Å². The lowest BCUT2D eigenvalue weighted by atomic mass is 9.89. The molecule has 0 bridgehead atoms. The number of tetrazole rings is 1. The molecule has 0 radical (unpaired) electrons. The monoisotopic (exact) mass is 394 g/mol. The predicted octanol–water partition coefficient (Wildman–Crippen LogP) is 4.25. The van der Waals surface area contributed by atoms with Crippen molar-refractivity contribution in [3.8, 4) is 5.69 Å². The molecule has 0 unspecified atom stereocenters. The number of hydrogen-bond acceptors (Lipinski definition) is 7. The van der Waals surface area contributed by atoms with Crippen molar-refractivity contribution < 1.29 is 0 Å². The van der Waals surface area contributed by atoms with Crippen LogP contribution in [-0.2, 0) is 12.8 Å². The van der Waals surface area contributed by atoms with Crippen LogP contribution in [0.15, 0.2) is 40.5 Å². The quantitative estimate of drug-likeness (QED) is 0.484. The molecule has 0 saturated heterocycles. The summed E-state index contributed by atoms with van der Waals surface area (Å²) >= 11 is 3.34. The lowest BCUT2D eigenvalue weighted by Crippen LogP contribution is -2.08. The van der Waals surface area contributed by atoms with Crippen LogP contribution >= 0.6 is 23.1 Å².